The van der Waals surface area contributed by atoms with Crippen molar-refractivity contribution in [3.63, 3.8) is 0 Å². The minimum absolute atomic E-state index is 0.219. The van der Waals surface area contributed by atoms with E-state index >= 15 is 0 Å². The van der Waals surface area contributed by atoms with E-state index in [0.29, 0.717) is 12.5 Å². The highest BCUT2D eigenvalue weighted by Gasteiger charge is 2.15. The summed E-state index contributed by atoms with van der Waals surface area (Å²) in [6.45, 7) is 2.10. The van der Waals surface area contributed by atoms with Crippen molar-refractivity contribution in [1.29, 1.82) is 0 Å². The van der Waals surface area contributed by atoms with E-state index in [-0.39, 0.29) is 5.91 Å². The molecule has 1 aromatic carbocycles. The maximum absolute atomic E-state index is 12.2. The fraction of sp³-hybridized carbons (Fsp3) is 0.438. The van der Waals surface area contributed by atoms with E-state index in [4.69, 9.17) is 0 Å². The van der Waals surface area contributed by atoms with Gasteiger partial charge < -0.3 is 9.88 Å². The lowest BCUT2D eigenvalue weighted by molar-refractivity contribution is -0.131. The van der Waals surface area contributed by atoms with Crippen LogP contribution in [0.25, 0.3) is 10.9 Å². The highest BCUT2D eigenvalue weighted by molar-refractivity contribution is 7.98. The highest BCUT2D eigenvalue weighted by atomic mass is 32.2. The summed E-state index contributed by atoms with van der Waals surface area (Å²) < 4.78 is 0. The Morgan fingerprint density at radius 3 is 2.90 bits per heavy atom. The molecule has 0 spiro atoms. The van der Waals surface area contributed by atoms with Gasteiger partial charge in [0.25, 0.3) is 0 Å². The van der Waals surface area contributed by atoms with Gasteiger partial charge in [-0.1, -0.05) is 18.2 Å². The van der Waals surface area contributed by atoms with Gasteiger partial charge in [0.1, 0.15) is 0 Å². The standard InChI is InChI=1S/C16H22N2OS/c1-12(11-20-3)18(2)16(19)9-8-13-10-17-15-7-5-4-6-14(13)15/h4-7,10,12,17H,8-9,11H2,1-3H3. The first-order valence-corrected chi connectivity index (χ1v) is 8.32. The number of hydrogen-bond acceptors (Lipinski definition) is 2. The van der Waals surface area contributed by atoms with Crippen LogP contribution in [-0.2, 0) is 11.2 Å². The quantitative estimate of drug-likeness (QED) is 0.886. The van der Waals surface area contributed by atoms with Crippen LogP contribution in [0.4, 0.5) is 0 Å². The van der Waals surface area contributed by atoms with Gasteiger partial charge >= 0.3 is 0 Å². The molecule has 0 aliphatic carbocycles. The van der Waals surface area contributed by atoms with Crippen LogP contribution in [-0.4, -0.2) is 40.9 Å². The van der Waals surface area contributed by atoms with Gasteiger partial charge in [-0.3, -0.25) is 4.79 Å². The number of carbonyl (C=O) groups excluding carboxylic acids is 1. The molecule has 108 valence electrons. The van der Waals surface area contributed by atoms with Crippen molar-refractivity contribution in [1.82, 2.24) is 9.88 Å². The summed E-state index contributed by atoms with van der Waals surface area (Å²) in [4.78, 5) is 17.3. The zero-order valence-corrected chi connectivity index (χ0v) is 13.2. The number of thioether (sulfide) groups is 1. The number of aromatic amines is 1. The molecule has 1 amide bonds. The van der Waals surface area contributed by atoms with Crippen LogP contribution >= 0.6 is 11.8 Å². The highest BCUT2D eigenvalue weighted by Crippen LogP contribution is 2.19. The van der Waals surface area contributed by atoms with Crippen LogP contribution in [0.1, 0.15) is 18.9 Å². The first kappa shape index (κ1) is 15.0. The number of H-pyrrole nitrogens is 1. The van der Waals surface area contributed by atoms with Crippen LogP contribution in [0.3, 0.4) is 0 Å². The second kappa shape index (κ2) is 6.84. The lowest BCUT2D eigenvalue weighted by Crippen LogP contribution is -2.36. The van der Waals surface area contributed by atoms with Crippen molar-refractivity contribution in [2.75, 3.05) is 19.1 Å². The van der Waals surface area contributed by atoms with E-state index in [1.807, 2.05) is 30.3 Å². The van der Waals surface area contributed by atoms with Gasteiger partial charge in [-0.05, 0) is 31.2 Å². The molecule has 20 heavy (non-hydrogen) atoms. The van der Waals surface area contributed by atoms with E-state index in [0.717, 1.165) is 17.7 Å². The molecule has 0 aliphatic heterocycles. The van der Waals surface area contributed by atoms with Crippen LogP contribution in [0.2, 0.25) is 0 Å². The van der Waals surface area contributed by atoms with Gasteiger partial charge in [0.15, 0.2) is 0 Å². The van der Waals surface area contributed by atoms with E-state index in [9.17, 15) is 4.79 Å². The number of rotatable bonds is 6. The number of nitrogens with one attached hydrogen (secondary N) is 1. The number of nitrogens with zero attached hydrogens (tertiary/aromatic N) is 1. The molecule has 0 saturated carbocycles. The lowest BCUT2D eigenvalue weighted by atomic mass is 10.1. The molecule has 2 aromatic rings. The minimum Gasteiger partial charge on any atom is -0.361 e. The van der Waals surface area contributed by atoms with Crippen molar-refractivity contribution >= 4 is 28.6 Å². The summed E-state index contributed by atoms with van der Waals surface area (Å²) in [5, 5.41) is 1.22. The Morgan fingerprint density at radius 2 is 2.15 bits per heavy atom. The number of para-hydroxylation sites is 1. The molecule has 1 aromatic heterocycles. The van der Waals surface area contributed by atoms with Crippen LogP contribution < -0.4 is 0 Å². The number of fused-ring (bicyclic) bond motifs is 1. The molecule has 0 aliphatic rings. The monoisotopic (exact) mass is 290 g/mol. The maximum Gasteiger partial charge on any atom is 0.222 e. The maximum atomic E-state index is 12.2. The molecular formula is C16H22N2OS. The molecule has 1 atom stereocenters. The Bertz CT molecular complexity index is 579. The Kier molecular flexibility index (Phi) is 5.12. The second-order valence-corrected chi connectivity index (χ2v) is 6.08. The summed E-state index contributed by atoms with van der Waals surface area (Å²) >= 11 is 1.77. The lowest BCUT2D eigenvalue weighted by Gasteiger charge is -2.24. The normalized spacial score (nSPS) is 12.6. The second-order valence-electron chi connectivity index (χ2n) is 5.17. The molecule has 4 heteroatoms. The molecular weight excluding hydrogens is 268 g/mol. The molecule has 0 bridgehead atoms. The van der Waals surface area contributed by atoms with Crippen molar-refractivity contribution in [3.8, 4) is 0 Å². The largest absolute Gasteiger partial charge is 0.361 e. The molecule has 1 N–H and O–H groups in total. The summed E-state index contributed by atoms with van der Waals surface area (Å²) in [6, 6.07) is 8.51. The Labute approximate surface area is 124 Å². The average Bonchev–Trinajstić information content (AvgIpc) is 2.87. The van der Waals surface area contributed by atoms with Gasteiger partial charge in [-0.25, -0.2) is 0 Å². The molecule has 2 rings (SSSR count). The summed E-state index contributed by atoms with van der Waals surface area (Å²) in [5.74, 6) is 1.20. The summed E-state index contributed by atoms with van der Waals surface area (Å²) in [7, 11) is 1.90. The third kappa shape index (κ3) is 3.37. The van der Waals surface area contributed by atoms with Gasteiger partial charge in [0.05, 0.1) is 0 Å². The zero-order chi connectivity index (χ0) is 14.5. The van der Waals surface area contributed by atoms with Crippen molar-refractivity contribution in [2.24, 2.45) is 0 Å². The fourth-order valence-corrected chi connectivity index (χ4v) is 3.06. The van der Waals surface area contributed by atoms with Crippen molar-refractivity contribution in [2.45, 2.75) is 25.8 Å². The predicted octanol–water partition coefficient (Wildman–Crippen LogP) is 3.31. The Morgan fingerprint density at radius 1 is 1.40 bits per heavy atom. The number of aryl methyl sites for hydroxylation is 1. The molecule has 0 fully saturated rings. The number of carbonyl (C=O) groups is 1. The van der Waals surface area contributed by atoms with Crippen LogP contribution in [0, 0.1) is 0 Å². The van der Waals surface area contributed by atoms with Crippen molar-refractivity contribution < 1.29 is 4.79 Å². The number of hydrogen-bond donors (Lipinski definition) is 1. The minimum atomic E-state index is 0.219. The van der Waals surface area contributed by atoms with E-state index in [1.54, 1.807) is 11.8 Å². The number of amides is 1. The average molecular weight is 290 g/mol. The van der Waals surface area contributed by atoms with Gasteiger partial charge in [-0.15, -0.1) is 0 Å². The molecule has 1 heterocycles. The molecule has 1 unspecified atom stereocenters. The smallest absolute Gasteiger partial charge is 0.222 e. The Balaban J connectivity index is 1.96. The van der Waals surface area contributed by atoms with E-state index in [2.05, 4.69) is 30.3 Å². The van der Waals surface area contributed by atoms with Gasteiger partial charge in [-0.2, -0.15) is 11.8 Å². The van der Waals surface area contributed by atoms with Crippen LogP contribution in [0.15, 0.2) is 30.5 Å². The topological polar surface area (TPSA) is 36.1 Å². The first-order valence-electron chi connectivity index (χ1n) is 6.93. The number of aromatic nitrogens is 1. The summed E-state index contributed by atoms with van der Waals surface area (Å²) in [6.07, 6.45) is 5.44. The predicted molar refractivity (Wildman–Crippen MR) is 87.2 cm³/mol. The van der Waals surface area contributed by atoms with Gasteiger partial charge in [0, 0.05) is 42.4 Å². The third-order valence-corrected chi connectivity index (χ3v) is 4.56. The van der Waals surface area contributed by atoms with E-state index in [1.165, 1.54) is 10.9 Å². The molecule has 0 saturated heterocycles. The Hall–Kier alpha value is -1.42. The fourth-order valence-electron chi connectivity index (χ4n) is 2.36. The van der Waals surface area contributed by atoms with Crippen LogP contribution in [0.5, 0.6) is 0 Å². The summed E-state index contributed by atoms with van der Waals surface area (Å²) in [5.41, 5.74) is 2.36. The zero-order valence-electron chi connectivity index (χ0n) is 12.3. The first-order chi connectivity index (χ1) is 9.63. The van der Waals surface area contributed by atoms with Crippen molar-refractivity contribution in [3.05, 3.63) is 36.0 Å². The van der Waals surface area contributed by atoms with E-state index < -0.39 is 0 Å². The molecule has 3 nitrogen and oxygen atoms in total. The number of benzene rings is 1. The third-order valence-electron chi connectivity index (χ3n) is 3.75. The van der Waals surface area contributed by atoms with Gasteiger partial charge in [0.2, 0.25) is 5.91 Å². The molecule has 0 radical (unpaired) electrons. The SMILES string of the molecule is CSCC(C)N(C)C(=O)CCc1c[nH]c2ccccc12.